The van der Waals surface area contributed by atoms with Crippen LogP contribution in [0.2, 0.25) is 0 Å². The van der Waals surface area contributed by atoms with Crippen molar-refractivity contribution in [1.82, 2.24) is 25.0 Å². The van der Waals surface area contributed by atoms with Gasteiger partial charge >= 0.3 is 12.0 Å². The number of aliphatic carboxylic acids is 1. The Kier molecular flexibility index (Phi) is 4.54. The molecule has 110 valence electrons. The number of nitrogens with zero attached hydrogens (tertiary/aromatic N) is 4. The molecule has 2 heterocycles. The maximum atomic E-state index is 12.0. The van der Waals surface area contributed by atoms with Crippen molar-refractivity contribution in [2.24, 2.45) is 13.0 Å². The minimum atomic E-state index is -0.768. The van der Waals surface area contributed by atoms with E-state index < -0.39 is 5.97 Å². The van der Waals surface area contributed by atoms with Gasteiger partial charge in [0.15, 0.2) is 5.82 Å². The molecule has 1 saturated heterocycles. The van der Waals surface area contributed by atoms with Gasteiger partial charge in [0, 0.05) is 26.6 Å². The van der Waals surface area contributed by atoms with E-state index in [1.165, 1.54) is 0 Å². The highest BCUT2D eigenvalue weighted by molar-refractivity contribution is 5.74. The van der Waals surface area contributed by atoms with Crippen molar-refractivity contribution in [3.05, 3.63) is 12.2 Å². The average Bonchev–Trinajstić information content (AvgIpc) is 2.82. The van der Waals surface area contributed by atoms with Crippen molar-refractivity contribution < 1.29 is 14.7 Å². The quantitative estimate of drug-likeness (QED) is 0.821. The molecular weight excluding hydrogens is 262 g/mol. The Morgan fingerprint density at radius 3 is 2.70 bits per heavy atom. The van der Waals surface area contributed by atoms with E-state index in [9.17, 15) is 9.59 Å². The second-order valence-corrected chi connectivity index (χ2v) is 5.05. The molecule has 1 aromatic rings. The zero-order valence-electron chi connectivity index (χ0n) is 11.4. The van der Waals surface area contributed by atoms with Gasteiger partial charge in [0.05, 0.1) is 6.54 Å². The number of piperidine rings is 1. The highest BCUT2D eigenvalue weighted by atomic mass is 16.4. The Balaban J connectivity index is 1.74. The Bertz CT molecular complexity index is 479. The van der Waals surface area contributed by atoms with Gasteiger partial charge in [0.1, 0.15) is 6.33 Å². The summed E-state index contributed by atoms with van der Waals surface area (Å²) >= 11 is 0. The number of aryl methyl sites for hydroxylation is 1. The van der Waals surface area contributed by atoms with E-state index in [-0.39, 0.29) is 18.4 Å². The van der Waals surface area contributed by atoms with Crippen molar-refractivity contribution in [1.29, 1.82) is 0 Å². The van der Waals surface area contributed by atoms with Crippen molar-refractivity contribution in [3.63, 3.8) is 0 Å². The zero-order chi connectivity index (χ0) is 14.5. The summed E-state index contributed by atoms with van der Waals surface area (Å²) in [5.74, 6) is 0.101. The lowest BCUT2D eigenvalue weighted by Gasteiger charge is -2.31. The number of likely N-dealkylation sites (tertiary alicyclic amines) is 1. The number of nitrogens with one attached hydrogen (secondary N) is 1. The number of carbonyl (C=O) groups is 2. The normalized spacial score (nSPS) is 16.1. The lowest BCUT2D eigenvalue weighted by atomic mass is 9.94. The largest absolute Gasteiger partial charge is 0.481 e. The first-order chi connectivity index (χ1) is 9.56. The van der Waals surface area contributed by atoms with Crippen LogP contribution < -0.4 is 5.32 Å². The summed E-state index contributed by atoms with van der Waals surface area (Å²) in [5.41, 5.74) is 0. The topological polar surface area (TPSA) is 100 Å². The van der Waals surface area contributed by atoms with Crippen LogP contribution >= 0.6 is 0 Å². The molecule has 20 heavy (non-hydrogen) atoms. The van der Waals surface area contributed by atoms with Gasteiger partial charge in [-0.3, -0.25) is 4.79 Å². The zero-order valence-corrected chi connectivity index (χ0v) is 11.4. The van der Waals surface area contributed by atoms with Crippen molar-refractivity contribution in [2.75, 3.05) is 13.1 Å². The third-order valence-electron chi connectivity index (χ3n) is 3.57. The first kappa shape index (κ1) is 14.3. The molecule has 2 amide bonds. The second kappa shape index (κ2) is 6.36. The molecule has 0 atom stereocenters. The third-order valence-corrected chi connectivity index (χ3v) is 3.57. The number of hydrogen-bond acceptors (Lipinski definition) is 4. The van der Waals surface area contributed by atoms with E-state index in [1.54, 1.807) is 15.8 Å². The summed E-state index contributed by atoms with van der Waals surface area (Å²) in [6.07, 6.45) is 3.25. The highest BCUT2D eigenvalue weighted by Crippen LogP contribution is 2.20. The summed E-state index contributed by atoms with van der Waals surface area (Å²) in [6, 6.07) is -0.137. The number of amides is 2. The number of carboxylic acid groups (broad SMARTS) is 1. The van der Waals surface area contributed by atoms with E-state index in [0.29, 0.717) is 25.5 Å². The van der Waals surface area contributed by atoms with Crippen molar-refractivity contribution >= 4 is 12.0 Å². The Morgan fingerprint density at radius 2 is 2.15 bits per heavy atom. The fourth-order valence-corrected chi connectivity index (χ4v) is 2.32. The van der Waals surface area contributed by atoms with Crippen LogP contribution in [0.3, 0.4) is 0 Å². The predicted molar refractivity (Wildman–Crippen MR) is 69.8 cm³/mol. The molecule has 1 fully saturated rings. The number of aromatic nitrogens is 3. The predicted octanol–water partition coefficient (Wildman–Crippen LogP) is 0.211. The molecule has 1 aliphatic rings. The maximum Gasteiger partial charge on any atom is 0.317 e. The van der Waals surface area contributed by atoms with E-state index in [1.807, 2.05) is 7.05 Å². The molecule has 0 aliphatic carbocycles. The minimum Gasteiger partial charge on any atom is -0.481 e. The smallest absolute Gasteiger partial charge is 0.317 e. The van der Waals surface area contributed by atoms with Crippen molar-refractivity contribution in [3.8, 4) is 0 Å². The second-order valence-electron chi connectivity index (χ2n) is 5.05. The monoisotopic (exact) mass is 281 g/mol. The number of urea groups is 1. The average molecular weight is 281 g/mol. The number of carboxylic acids is 1. The van der Waals surface area contributed by atoms with E-state index >= 15 is 0 Å². The van der Waals surface area contributed by atoms with Crippen LogP contribution in [0.5, 0.6) is 0 Å². The first-order valence-corrected chi connectivity index (χ1v) is 6.63. The lowest BCUT2D eigenvalue weighted by molar-refractivity contribution is -0.138. The van der Waals surface area contributed by atoms with Gasteiger partial charge in [-0.2, -0.15) is 0 Å². The van der Waals surface area contributed by atoms with Crippen LogP contribution in [-0.2, 0) is 18.4 Å². The number of carbonyl (C=O) groups excluding carboxylic acids is 1. The Morgan fingerprint density at radius 1 is 1.45 bits per heavy atom. The van der Waals surface area contributed by atoms with Gasteiger partial charge in [-0.25, -0.2) is 4.79 Å². The third kappa shape index (κ3) is 3.69. The molecule has 1 aliphatic heterocycles. The summed E-state index contributed by atoms with van der Waals surface area (Å²) in [6.45, 7) is 1.54. The SMILES string of the molecule is Cn1cnnc1CNC(=O)N1CCC(CC(=O)O)CC1. The molecule has 0 radical (unpaired) electrons. The highest BCUT2D eigenvalue weighted by Gasteiger charge is 2.24. The number of rotatable bonds is 4. The molecule has 8 nitrogen and oxygen atoms in total. The van der Waals surface area contributed by atoms with E-state index in [0.717, 1.165) is 12.8 Å². The molecule has 0 unspecified atom stereocenters. The molecule has 0 bridgehead atoms. The van der Waals surface area contributed by atoms with Gasteiger partial charge < -0.3 is 19.9 Å². The molecule has 0 aromatic carbocycles. The van der Waals surface area contributed by atoms with Gasteiger partial charge in [0.25, 0.3) is 0 Å². The van der Waals surface area contributed by atoms with Crippen LogP contribution in [0.1, 0.15) is 25.1 Å². The molecule has 2 rings (SSSR count). The van der Waals surface area contributed by atoms with E-state index in [4.69, 9.17) is 5.11 Å². The summed E-state index contributed by atoms with van der Waals surface area (Å²) < 4.78 is 1.75. The molecule has 0 spiro atoms. The maximum absolute atomic E-state index is 12.0. The Labute approximate surface area is 116 Å². The van der Waals surface area contributed by atoms with Crippen molar-refractivity contribution in [2.45, 2.75) is 25.8 Å². The fraction of sp³-hybridized carbons (Fsp3) is 0.667. The number of hydrogen-bond donors (Lipinski definition) is 2. The van der Waals surface area contributed by atoms with Crippen LogP contribution in [-0.4, -0.2) is 49.9 Å². The molecule has 0 saturated carbocycles. The Hall–Kier alpha value is -2.12. The van der Waals surface area contributed by atoms with Gasteiger partial charge in [-0.05, 0) is 18.8 Å². The summed E-state index contributed by atoms with van der Waals surface area (Å²) in [5, 5.41) is 19.2. The van der Waals surface area contributed by atoms with Gasteiger partial charge in [-0.1, -0.05) is 0 Å². The van der Waals surface area contributed by atoms with E-state index in [2.05, 4.69) is 15.5 Å². The van der Waals surface area contributed by atoms with Crippen LogP contribution in [0, 0.1) is 5.92 Å². The molecule has 1 aromatic heterocycles. The summed E-state index contributed by atoms with van der Waals surface area (Å²) in [7, 11) is 1.82. The minimum absolute atomic E-state index is 0.137. The summed E-state index contributed by atoms with van der Waals surface area (Å²) in [4.78, 5) is 24.3. The lowest BCUT2D eigenvalue weighted by Crippen LogP contribution is -2.44. The standard InChI is InChI=1S/C12H19N5O3/c1-16-8-14-15-10(16)7-13-12(20)17-4-2-9(3-5-17)6-11(18)19/h8-9H,2-7H2,1H3,(H,13,20)(H,18,19). The van der Waals surface area contributed by atoms with Gasteiger partial charge in [-0.15, -0.1) is 10.2 Å². The molecular formula is C12H19N5O3. The molecule has 8 heteroatoms. The fourth-order valence-electron chi connectivity index (χ4n) is 2.32. The van der Waals surface area contributed by atoms with Crippen LogP contribution in [0.15, 0.2) is 6.33 Å². The van der Waals surface area contributed by atoms with Crippen LogP contribution in [0.4, 0.5) is 4.79 Å². The van der Waals surface area contributed by atoms with Gasteiger partial charge in [0.2, 0.25) is 0 Å². The first-order valence-electron chi connectivity index (χ1n) is 6.63. The van der Waals surface area contributed by atoms with Crippen LogP contribution in [0.25, 0.3) is 0 Å². The molecule has 2 N–H and O–H groups in total.